The molecule has 1 aliphatic heterocycles. The van der Waals surface area contributed by atoms with Crippen molar-refractivity contribution in [2.75, 3.05) is 13.1 Å². The second-order valence-corrected chi connectivity index (χ2v) is 3.95. The molecule has 1 saturated heterocycles. The molecule has 0 aliphatic carbocycles. The summed E-state index contributed by atoms with van der Waals surface area (Å²) in [6.45, 7) is 0.0768. The third kappa shape index (κ3) is 2.89. The molecular formula is C13H12FN3O2. The van der Waals surface area contributed by atoms with Crippen molar-refractivity contribution in [2.45, 2.75) is 6.54 Å². The summed E-state index contributed by atoms with van der Waals surface area (Å²) >= 11 is 0. The first-order chi connectivity index (χ1) is 9.11. The summed E-state index contributed by atoms with van der Waals surface area (Å²) in [5.74, 6) is 4.46. The predicted molar refractivity (Wildman–Crippen MR) is 66.3 cm³/mol. The Balaban J connectivity index is 2.17. The lowest BCUT2D eigenvalue weighted by Crippen LogP contribution is -2.30. The van der Waals surface area contributed by atoms with E-state index in [-0.39, 0.29) is 31.1 Å². The number of carbonyl (C=O) groups is 2. The van der Waals surface area contributed by atoms with Gasteiger partial charge in [-0.3, -0.25) is 9.69 Å². The Kier molecular flexibility index (Phi) is 3.78. The van der Waals surface area contributed by atoms with Crippen LogP contribution in [-0.2, 0) is 11.3 Å². The van der Waals surface area contributed by atoms with Crippen LogP contribution in [0.2, 0.25) is 0 Å². The normalized spacial score (nSPS) is 14.1. The Bertz CT molecular complexity index is 573. The average molecular weight is 261 g/mol. The monoisotopic (exact) mass is 261 g/mol. The van der Waals surface area contributed by atoms with Crippen molar-refractivity contribution in [1.29, 1.82) is 0 Å². The van der Waals surface area contributed by atoms with Crippen molar-refractivity contribution in [1.82, 2.24) is 10.2 Å². The van der Waals surface area contributed by atoms with Crippen LogP contribution in [0.3, 0.4) is 0 Å². The maximum atomic E-state index is 13.8. The first kappa shape index (κ1) is 13.1. The van der Waals surface area contributed by atoms with Crippen LogP contribution in [0, 0.1) is 17.7 Å². The van der Waals surface area contributed by atoms with Crippen LogP contribution in [0.1, 0.15) is 11.1 Å². The zero-order valence-electron chi connectivity index (χ0n) is 10.1. The largest absolute Gasteiger partial charge is 0.329 e. The predicted octanol–water partition coefficient (Wildman–Crippen LogP) is 0.188. The second-order valence-electron chi connectivity index (χ2n) is 3.95. The molecule has 1 aromatic rings. The first-order valence-electron chi connectivity index (χ1n) is 5.67. The van der Waals surface area contributed by atoms with Crippen LogP contribution in [0.25, 0.3) is 0 Å². The fourth-order valence-corrected chi connectivity index (χ4v) is 1.69. The molecule has 19 heavy (non-hydrogen) atoms. The zero-order chi connectivity index (χ0) is 13.8. The number of urea groups is 1. The molecule has 0 saturated carbocycles. The molecule has 1 aromatic carbocycles. The maximum Gasteiger partial charge on any atom is 0.324 e. The molecular weight excluding hydrogens is 249 g/mol. The van der Waals surface area contributed by atoms with Crippen molar-refractivity contribution >= 4 is 11.9 Å². The Hall–Kier alpha value is -2.39. The van der Waals surface area contributed by atoms with Crippen molar-refractivity contribution in [3.63, 3.8) is 0 Å². The number of benzene rings is 1. The molecule has 0 spiro atoms. The number of halogens is 1. The fraction of sp³-hybridized carbons (Fsp3) is 0.231. The van der Waals surface area contributed by atoms with Gasteiger partial charge in [-0.2, -0.15) is 0 Å². The van der Waals surface area contributed by atoms with Gasteiger partial charge in [0, 0.05) is 11.1 Å². The SMILES string of the molecule is NCC#Cc1ccc(CN2C(=O)CNC2=O)c(F)c1. The number of nitrogens with zero attached hydrogens (tertiary/aromatic N) is 1. The number of carbonyl (C=O) groups excluding carboxylic acids is 2. The Morgan fingerprint density at radius 2 is 2.21 bits per heavy atom. The minimum absolute atomic E-state index is 0.0412. The van der Waals surface area contributed by atoms with Gasteiger partial charge in [-0.05, 0) is 12.1 Å². The Labute approximate surface area is 109 Å². The third-order valence-corrected chi connectivity index (χ3v) is 2.65. The molecule has 3 N–H and O–H groups in total. The lowest BCUT2D eigenvalue weighted by atomic mass is 10.1. The molecule has 0 radical (unpaired) electrons. The van der Waals surface area contributed by atoms with E-state index in [0.29, 0.717) is 5.56 Å². The van der Waals surface area contributed by atoms with Gasteiger partial charge in [-0.1, -0.05) is 17.9 Å². The van der Waals surface area contributed by atoms with E-state index >= 15 is 0 Å². The van der Waals surface area contributed by atoms with E-state index in [4.69, 9.17) is 5.73 Å². The minimum atomic E-state index is -0.503. The Morgan fingerprint density at radius 3 is 2.79 bits per heavy atom. The highest BCUT2D eigenvalue weighted by atomic mass is 19.1. The number of rotatable bonds is 2. The first-order valence-corrected chi connectivity index (χ1v) is 5.67. The summed E-state index contributed by atoms with van der Waals surface area (Å²) in [7, 11) is 0. The molecule has 1 aliphatic rings. The standard InChI is InChI=1S/C13H12FN3O2/c14-11-6-9(2-1-5-15)3-4-10(11)8-17-12(18)7-16-13(17)19/h3-4,6H,5,7-8,15H2,(H,16,19). The Morgan fingerprint density at radius 1 is 1.42 bits per heavy atom. The van der Waals surface area contributed by atoms with E-state index in [9.17, 15) is 14.0 Å². The van der Waals surface area contributed by atoms with Gasteiger partial charge in [0.25, 0.3) is 0 Å². The molecule has 6 heteroatoms. The van der Waals surface area contributed by atoms with Crippen molar-refractivity contribution in [3.05, 3.63) is 35.1 Å². The third-order valence-electron chi connectivity index (χ3n) is 2.65. The lowest BCUT2D eigenvalue weighted by Gasteiger charge is -2.12. The smallest absolute Gasteiger partial charge is 0.324 e. The molecule has 98 valence electrons. The van der Waals surface area contributed by atoms with Crippen LogP contribution in [-0.4, -0.2) is 29.9 Å². The van der Waals surface area contributed by atoms with Crippen LogP contribution >= 0.6 is 0 Å². The van der Waals surface area contributed by atoms with Gasteiger partial charge in [-0.25, -0.2) is 9.18 Å². The highest BCUT2D eigenvalue weighted by Crippen LogP contribution is 2.14. The van der Waals surface area contributed by atoms with Crippen molar-refractivity contribution < 1.29 is 14.0 Å². The number of amides is 3. The second kappa shape index (κ2) is 5.50. The fourth-order valence-electron chi connectivity index (χ4n) is 1.69. The number of nitrogens with one attached hydrogen (secondary N) is 1. The van der Waals surface area contributed by atoms with Gasteiger partial charge in [0.2, 0.25) is 5.91 Å². The van der Waals surface area contributed by atoms with E-state index in [1.54, 1.807) is 6.07 Å². The number of hydrogen-bond acceptors (Lipinski definition) is 3. The zero-order valence-corrected chi connectivity index (χ0v) is 10.1. The molecule has 5 nitrogen and oxygen atoms in total. The number of imide groups is 1. The van der Waals surface area contributed by atoms with E-state index in [2.05, 4.69) is 17.2 Å². The van der Waals surface area contributed by atoms with Crippen LogP contribution in [0.4, 0.5) is 9.18 Å². The summed E-state index contributed by atoms with van der Waals surface area (Å²) in [5.41, 5.74) is 6.00. The van der Waals surface area contributed by atoms with Crippen LogP contribution in [0.15, 0.2) is 18.2 Å². The average Bonchev–Trinajstić information content (AvgIpc) is 2.70. The van der Waals surface area contributed by atoms with Gasteiger partial charge in [0.15, 0.2) is 0 Å². The van der Waals surface area contributed by atoms with Gasteiger partial charge < -0.3 is 11.1 Å². The molecule has 1 heterocycles. The molecule has 2 rings (SSSR count). The quantitative estimate of drug-likeness (QED) is 0.589. The summed E-state index contributed by atoms with van der Waals surface area (Å²) in [5, 5.41) is 2.38. The van der Waals surface area contributed by atoms with Gasteiger partial charge in [-0.15, -0.1) is 0 Å². The highest BCUT2D eigenvalue weighted by molar-refractivity contribution is 6.01. The van der Waals surface area contributed by atoms with Gasteiger partial charge >= 0.3 is 6.03 Å². The summed E-state index contributed by atoms with van der Waals surface area (Å²) in [4.78, 5) is 23.7. The van der Waals surface area contributed by atoms with Crippen molar-refractivity contribution in [3.8, 4) is 11.8 Å². The van der Waals surface area contributed by atoms with Crippen LogP contribution < -0.4 is 11.1 Å². The van der Waals surface area contributed by atoms with Gasteiger partial charge in [0.1, 0.15) is 5.82 Å². The molecule has 1 fully saturated rings. The molecule has 0 atom stereocenters. The summed E-state index contributed by atoms with van der Waals surface area (Å²) in [6.07, 6.45) is 0. The minimum Gasteiger partial charge on any atom is -0.329 e. The topological polar surface area (TPSA) is 75.4 Å². The van der Waals surface area contributed by atoms with E-state index in [1.165, 1.54) is 12.1 Å². The lowest BCUT2D eigenvalue weighted by molar-refractivity contribution is -0.125. The summed E-state index contributed by atoms with van der Waals surface area (Å²) < 4.78 is 13.8. The maximum absolute atomic E-state index is 13.8. The van der Waals surface area contributed by atoms with Gasteiger partial charge in [0.05, 0.1) is 19.6 Å². The summed E-state index contributed by atoms with van der Waals surface area (Å²) in [6, 6.07) is 3.89. The number of nitrogens with two attached hydrogens (primary N) is 1. The van der Waals surface area contributed by atoms with E-state index < -0.39 is 11.8 Å². The number of hydrogen-bond donors (Lipinski definition) is 2. The van der Waals surface area contributed by atoms with E-state index in [1.807, 2.05) is 0 Å². The molecule has 0 bridgehead atoms. The van der Waals surface area contributed by atoms with Crippen molar-refractivity contribution in [2.24, 2.45) is 5.73 Å². The van der Waals surface area contributed by atoms with Crippen LogP contribution in [0.5, 0.6) is 0 Å². The molecule has 0 unspecified atom stereocenters. The highest BCUT2D eigenvalue weighted by Gasteiger charge is 2.28. The van der Waals surface area contributed by atoms with E-state index in [0.717, 1.165) is 4.90 Å². The molecule has 0 aromatic heterocycles. The molecule has 3 amide bonds.